The molecule has 130 valence electrons. The number of rotatable bonds is 4. The molecule has 2 aliphatic rings. The number of hydrogen-bond donors (Lipinski definition) is 2. The van der Waals surface area contributed by atoms with E-state index in [1.165, 1.54) is 0 Å². The minimum atomic E-state index is -3.53. The summed E-state index contributed by atoms with van der Waals surface area (Å²) >= 11 is 0. The first-order valence-corrected chi connectivity index (χ1v) is 9.52. The van der Waals surface area contributed by atoms with E-state index in [0.29, 0.717) is 19.0 Å². The summed E-state index contributed by atoms with van der Waals surface area (Å²) < 4.78 is 27.0. The van der Waals surface area contributed by atoms with E-state index < -0.39 is 15.8 Å². The Hall–Kier alpha value is -0.370. The second kappa shape index (κ2) is 8.47. The van der Waals surface area contributed by atoms with Crippen LogP contribution in [0.3, 0.4) is 0 Å². The van der Waals surface area contributed by atoms with Gasteiger partial charge in [-0.15, -0.1) is 12.4 Å². The van der Waals surface area contributed by atoms with Crippen molar-refractivity contribution >= 4 is 28.3 Å². The van der Waals surface area contributed by atoms with Crippen molar-refractivity contribution in [1.29, 1.82) is 0 Å². The molecule has 1 saturated heterocycles. The highest BCUT2D eigenvalue weighted by Crippen LogP contribution is 2.23. The highest BCUT2D eigenvalue weighted by Gasteiger charge is 2.28. The van der Waals surface area contributed by atoms with Crippen molar-refractivity contribution in [2.45, 2.75) is 51.6 Å². The number of halogens is 1. The molecule has 22 heavy (non-hydrogen) atoms. The summed E-state index contributed by atoms with van der Waals surface area (Å²) in [6, 6.07) is 0.221. The molecule has 2 rings (SSSR count). The molecule has 1 unspecified atom stereocenters. The maximum Gasteiger partial charge on any atom is 0.239 e. The van der Waals surface area contributed by atoms with Gasteiger partial charge in [0.15, 0.2) is 0 Å². The van der Waals surface area contributed by atoms with Crippen LogP contribution in [0.25, 0.3) is 0 Å². The Labute approximate surface area is 139 Å². The first-order chi connectivity index (χ1) is 9.85. The normalized spacial score (nSPS) is 29.7. The third-order valence-electron chi connectivity index (χ3n) is 4.40. The lowest BCUT2D eigenvalue weighted by molar-refractivity contribution is -0.129. The van der Waals surface area contributed by atoms with E-state index in [4.69, 9.17) is 0 Å². The zero-order chi connectivity index (χ0) is 15.5. The number of sulfonamides is 1. The molecule has 2 fully saturated rings. The fourth-order valence-electron chi connectivity index (χ4n) is 3.09. The van der Waals surface area contributed by atoms with Gasteiger partial charge in [0.1, 0.15) is 5.75 Å². The van der Waals surface area contributed by atoms with E-state index in [9.17, 15) is 13.2 Å². The molecule has 1 aliphatic carbocycles. The number of nitrogens with one attached hydrogen (secondary N) is 2. The molecule has 1 amide bonds. The minimum absolute atomic E-state index is 0. The van der Waals surface area contributed by atoms with Crippen LogP contribution in [0.5, 0.6) is 0 Å². The first-order valence-electron chi connectivity index (χ1n) is 7.87. The Balaban J connectivity index is 0.00000242. The van der Waals surface area contributed by atoms with Crippen LogP contribution in [0.4, 0.5) is 0 Å². The molecule has 8 heteroatoms. The van der Waals surface area contributed by atoms with Crippen molar-refractivity contribution in [3.05, 3.63) is 0 Å². The van der Waals surface area contributed by atoms with Gasteiger partial charge in [-0.3, -0.25) is 4.79 Å². The molecule has 0 aromatic rings. The number of nitrogens with zero attached hydrogens (tertiary/aromatic N) is 1. The summed E-state index contributed by atoms with van der Waals surface area (Å²) in [6.45, 7) is 6.07. The molecule has 2 N–H and O–H groups in total. The average Bonchev–Trinajstić information content (AvgIpc) is 2.40. The topological polar surface area (TPSA) is 78.5 Å². The summed E-state index contributed by atoms with van der Waals surface area (Å²) in [5.41, 5.74) is 0. The van der Waals surface area contributed by atoms with Crippen LogP contribution >= 0.6 is 12.4 Å². The summed E-state index contributed by atoms with van der Waals surface area (Å²) in [4.78, 5) is 13.8. The fraction of sp³-hybridized carbons (Fsp3) is 0.929. The van der Waals surface area contributed by atoms with Crippen LogP contribution in [-0.2, 0) is 14.8 Å². The Kier molecular flexibility index (Phi) is 7.58. The lowest BCUT2D eigenvalue weighted by atomic mass is 9.88. The van der Waals surface area contributed by atoms with E-state index in [1.54, 1.807) is 4.90 Å². The number of amides is 1. The van der Waals surface area contributed by atoms with Crippen LogP contribution < -0.4 is 10.0 Å². The molecule has 1 heterocycles. The second-order valence-electron chi connectivity index (χ2n) is 6.53. The molecule has 0 spiro atoms. The maximum atomic E-state index is 12.1. The zero-order valence-corrected chi connectivity index (χ0v) is 15.0. The van der Waals surface area contributed by atoms with Crippen LogP contribution in [0.15, 0.2) is 0 Å². The number of hydrogen-bond acceptors (Lipinski definition) is 4. The summed E-state index contributed by atoms with van der Waals surface area (Å²) in [5.74, 6) is -0.0408. The summed E-state index contributed by atoms with van der Waals surface area (Å²) in [7, 11) is -3.53. The summed E-state index contributed by atoms with van der Waals surface area (Å²) in [5, 5.41) is 3.24. The van der Waals surface area contributed by atoms with Gasteiger partial charge < -0.3 is 10.2 Å². The lowest BCUT2D eigenvalue weighted by Crippen LogP contribution is -2.53. The molecular formula is C14H28ClN3O3S. The predicted octanol–water partition coefficient (Wildman–Crippen LogP) is 0.727. The molecular weight excluding hydrogens is 326 g/mol. The van der Waals surface area contributed by atoms with Crippen molar-refractivity contribution in [2.24, 2.45) is 5.92 Å². The van der Waals surface area contributed by atoms with Gasteiger partial charge in [-0.1, -0.05) is 6.92 Å². The molecule has 0 aromatic carbocycles. The highest BCUT2D eigenvalue weighted by molar-refractivity contribution is 7.90. The molecule has 6 nitrogen and oxygen atoms in total. The van der Waals surface area contributed by atoms with Crippen molar-refractivity contribution < 1.29 is 13.2 Å². The minimum Gasteiger partial charge on any atom is -0.339 e. The van der Waals surface area contributed by atoms with Crippen LogP contribution in [0, 0.1) is 5.92 Å². The maximum absolute atomic E-state index is 12.1. The van der Waals surface area contributed by atoms with Gasteiger partial charge >= 0.3 is 0 Å². The third kappa shape index (κ3) is 6.02. The number of piperazine rings is 1. The van der Waals surface area contributed by atoms with E-state index >= 15 is 0 Å². The van der Waals surface area contributed by atoms with Crippen molar-refractivity contribution in [1.82, 2.24) is 14.9 Å². The number of carbonyl (C=O) groups is 1. The Morgan fingerprint density at radius 3 is 2.45 bits per heavy atom. The molecule has 1 aliphatic heterocycles. The van der Waals surface area contributed by atoms with Crippen molar-refractivity contribution in [2.75, 3.05) is 25.4 Å². The Morgan fingerprint density at radius 2 is 1.86 bits per heavy atom. The Bertz CT molecular complexity index is 464. The monoisotopic (exact) mass is 353 g/mol. The summed E-state index contributed by atoms with van der Waals surface area (Å²) in [6.07, 6.45) is 3.85. The van der Waals surface area contributed by atoms with Gasteiger partial charge in [-0.05, 0) is 38.5 Å². The van der Waals surface area contributed by atoms with E-state index in [2.05, 4.69) is 17.0 Å². The second-order valence-corrected chi connectivity index (χ2v) is 8.28. The van der Waals surface area contributed by atoms with E-state index in [0.717, 1.165) is 32.2 Å². The predicted molar refractivity (Wildman–Crippen MR) is 89.6 cm³/mol. The Morgan fingerprint density at radius 1 is 1.23 bits per heavy atom. The number of carbonyl (C=O) groups excluding carboxylic acids is 1. The fourth-order valence-corrected chi connectivity index (χ4v) is 4.42. The quantitative estimate of drug-likeness (QED) is 0.781. The molecule has 1 atom stereocenters. The first kappa shape index (κ1) is 19.7. The van der Waals surface area contributed by atoms with Gasteiger partial charge in [0.2, 0.25) is 15.9 Å². The molecule has 0 bridgehead atoms. The van der Waals surface area contributed by atoms with Gasteiger partial charge in [0, 0.05) is 31.7 Å². The van der Waals surface area contributed by atoms with Gasteiger partial charge in [-0.2, -0.15) is 0 Å². The SMILES string of the molecule is CC1CCC(NS(=O)(=O)CC(=O)N2CCNC(C)C2)CC1.Cl. The van der Waals surface area contributed by atoms with Gasteiger partial charge in [0.05, 0.1) is 0 Å². The smallest absolute Gasteiger partial charge is 0.239 e. The molecule has 0 aromatic heterocycles. The van der Waals surface area contributed by atoms with Crippen molar-refractivity contribution in [3.8, 4) is 0 Å². The zero-order valence-electron chi connectivity index (χ0n) is 13.4. The van der Waals surface area contributed by atoms with Gasteiger partial charge in [-0.25, -0.2) is 13.1 Å². The highest BCUT2D eigenvalue weighted by atomic mass is 35.5. The largest absolute Gasteiger partial charge is 0.339 e. The van der Waals surface area contributed by atoms with Crippen LogP contribution in [-0.4, -0.2) is 56.7 Å². The van der Waals surface area contributed by atoms with Crippen LogP contribution in [0.1, 0.15) is 39.5 Å². The lowest BCUT2D eigenvalue weighted by Gasteiger charge is -2.32. The standard InChI is InChI=1S/C14H27N3O3S.ClH/c1-11-3-5-13(6-4-11)16-21(19,20)10-14(18)17-8-7-15-12(2)9-17;/h11-13,15-16H,3-10H2,1-2H3;1H. The molecule has 1 saturated carbocycles. The van der Waals surface area contributed by atoms with E-state index in [-0.39, 0.29) is 30.4 Å². The van der Waals surface area contributed by atoms with E-state index in [1.807, 2.05) is 6.92 Å². The average molecular weight is 354 g/mol. The van der Waals surface area contributed by atoms with Crippen molar-refractivity contribution in [3.63, 3.8) is 0 Å². The van der Waals surface area contributed by atoms with Gasteiger partial charge in [0.25, 0.3) is 0 Å². The third-order valence-corrected chi connectivity index (χ3v) is 5.72. The van der Waals surface area contributed by atoms with Crippen LogP contribution in [0.2, 0.25) is 0 Å². The molecule has 0 radical (unpaired) electrons.